The summed E-state index contributed by atoms with van der Waals surface area (Å²) < 4.78 is 7.13. The lowest BCUT2D eigenvalue weighted by molar-refractivity contribution is 0.396. The monoisotopic (exact) mass is 339 g/mol. The molecular formula is C17H21N7O. The van der Waals surface area contributed by atoms with Crippen LogP contribution in [0.4, 0.5) is 11.6 Å². The highest BCUT2D eigenvalue weighted by Gasteiger charge is 2.21. The largest absolute Gasteiger partial charge is 0.481 e. The van der Waals surface area contributed by atoms with Crippen molar-refractivity contribution in [1.29, 1.82) is 0 Å². The van der Waals surface area contributed by atoms with E-state index in [0.29, 0.717) is 5.88 Å². The summed E-state index contributed by atoms with van der Waals surface area (Å²) >= 11 is 0. The molecule has 0 spiro atoms. The van der Waals surface area contributed by atoms with Crippen LogP contribution in [0, 0.1) is 13.8 Å². The Kier molecular flexibility index (Phi) is 3.87. The summed E-state index contributed by atoms with van der Waals surface area (Å²) in [4.78, 5) is 17.6. The zero-order valence-corrected chi connectivity index (χ0v) is 14.7. The van der Waals surface area contributed by atoms with Crippen molar-refractivity contribution in [3.63, 3.8) is 0 Å². The normalized spacial score (nSPS) is 15.0. The standard InChI is InChI=1S/C17H21N7O/c1-12-9-17(24-15(20-12)8-13(2)21-24)23-6-4-22(5-7-23)14-10-16(25-3)19-11-18-14/h8-11H,4-7H2,1-3H3. The molecule has 4 rings (SSSR count). The van der Waals surface area contributed by atoms with Gasteiger partial charge >= 0.3 is 0 Å². The number of fused-ring (bicyclic) bond motifs is 1. The minimum atomic E-state index is 0.589. The van der Waals surface area contributed by atoms with E-state index < -0.39 is 0 Å². The molecule has 0 amide bonds. The fourth-order valence-corrected chi connectivity index (χ4v) is 3.20. The van der Waals surface area contributed by atoms with Crippen LogP contribution in [-0.4, -0.2) is 57.9 Å². The second-order valence-electron chi connectivity index (χ2n) is 6.20. The lowest BCUT2D eigenvalue weighted by Crippen LogP contribution is -2.47. The van der Waals surface area contributed by atoms with Crippen molar-refractivity contribution in [1.82, 2.24) is 24.6 Å². The van der Waals surface area contributed by atoms with Crippen molar-refractivity contribution in [3.05, 3.63) is 35.9 Å². The van der Waals surface area contributed by atoms with E-state index in [2.05, 4.69) is 35.9 Å². The average molecular weight is 339 g/mol. The van der Waals surface area contributed by atoms with Gasteiger partial charge in [0.25, 0.3) is 0 Å². The van der Waals surface area contributed by atoms with Crippen LogP contribution in [0.15, 0.2) is 24.5 Å². The number of hydrogen-bond acceptors (Lipinski definition) is 7. The Morgan fingerprint density at radius 1 is 0.920 bits per heavy atom. The quantitative estimate of drug-likeness (QED) is 0.715. The summed E-state index contributed by atoms with van der Waals surface area (Å²) in [6, 6.07) is 5.99. The van der Waals surface area contributed by atoms with E-state index in [0.717, 1.165) is 54.8 Å². The molecule has 8 heteroatoms. The molecule has 4 heterocycles. The maximum Gasteiger partial charge on any atom is 0.218 e. The number of aromatic nitrogens is 5. The lowest BCUT2D eigenvalue weighted by atomic mass is 10.3. The third-order valence-corrected chi connectivity index (χ3v) is 4.42. The fourth-order valence-electron chi connectivity index (χ4n) is 3.20. The van der Waals surface area contributed by atoms with Gasteiger partial charge in [-0.3, -0.25) is 0 Å². The summed E-state index contributed by atoms with van der Waals surface area (Å²) in [5, 5.41) is 4.59. The predicted molar refractivity (Wildman–Crippen MR) is 95.5 cm³/mol. The van der Waals surface area contributed by atoms with Crippen LogP contribution < -0.4 is 14.5 Å². The Balaban J connectivity index is 1.56. The van der Waals surface area contributed by atoms with Gasteiger partial charge in [-0.1, -0.05) is 0 Å². The number of anilines is 2. The molecule has 0 bridgehead atoms. The van der Waals surface area contributed by atoms with Crippen LogP contribution in [0.25, 0.3) is 5.65 Å². The maximum atomic E-state index is 5.19. The fraction of sp³-hybridized carbons (Fsp3) is 0.412. The number of rotatable bonds is 3. The first kappa shape index (κ1) is 15.6. The third kappa shape index (κ3) is 2.95. The Morgan fingerprint density at radius 2 is 1.68 bits per heavy atom. The van der Waals surface area contributed by atoms with Gasteiger partial charge in [-0.15, -0.1) is 0 Å². The topological polar surface area (TPSA) is 71.7 Å². The van der Waals surface area contributed by atoms with Gasteiger partial charge in [0, 0.05) is 50.1 Å². The molecule has 0 atom stereocenters. The molecular weight excluding hydrogens is 318 g/mol. The second-order valence-corrected chi connectivity index (χ2v) is 6.20. The van der Waals surface area contributed by atoms with Gasteiger partial charge in [0.2, 0.25) is 5.88 Å². The van der Waals surface area contributed by atoms with Crippen molar-refractivity contribution in [2.75, 3.05) is 43.1 Å². The molecule has 0 radical (unpaired) electrons. The Labute approximate surface area is 146 Å². The molecule has 0 saturated carbocycles. The van der Waals surface area contributed by atoms with E-state index in [9.17, 15) is 0 Å². The molecule has 25 heavy (non-hydrogen) atoms. The van der Waals surface area contributed by atoms with E-state index in [1.54, 1.807) is 13.4 Å². The molecule has 1 aliphatic rings. The molecule has 0 N–H and O–H groups in total. The molecule has 1 fully saturated rings. The van der Waals surface area contributed by atoms with Gasteiger partial charge in [0.15, 0.2) is 5.65 Å². The molecule has 1 aliphatic heterocycles. The Morgan fingerprint density at radius 3 is 2.44 bits per heavy atom. The van der Waals surface area contributed by atoms with Crippen LogP contribution in [-0.2, 0) is 0 Å². The van der Waals surface area contributed by atoms with Crippen molar-refractivity contribution in [3.8, 4) is 5.88 Å². The smallest absolute Gasteiger partial charge is 0.218 e. The zero-order chi connectivity index (χ0) is 17.4. The number of hydrogen-bond donors (Lipinski definition) is 0. The number of piperazine rings is 1. The highest BCUT2D eigenvalue weighted by Crippen LogP contribution is 2.22. The minimum Gasteiger partial charge on any atom is -0.481 e. The summed E-state index contributed by atoms with van der Waals surface area (Å²) in [5.74, 6) is 2.58. The highest BCUT2D eigenvalue weighted by atomic mass is 16.5. The average Bonchev–Trinajstić information content (AvgIpc) is 3.01. The van der Waals surface area contributed by atoms with Crippen LogP contribution in [0.2, 0.25) is 0 Å². The molecule has 8 nitrogen and oxygen atoms in total. The molecule has 1 saturated heterocycles. The van der Waals surface area contributed by atoms with E-state index >= 15 is 0 Å². The first-order valence-electron chi connectivity index (χ1n) is 8.34. The lowest BCUT2D eigenvalue weighted by Gasteiger charge is -2.36. The number of methoxy groups -OCH3 is 1. The number of aryl methyl sites for hydroxylation is 2. The summed E-state index contributed by atoms with van der Waals surface area (Å²) in [6.07, 6.45) is 1.54. The van der Waals surface area contributed by atoms with Crippen LogP contribution in [0.5, 0.6) is 5.88 Å². The third-order valence-electron chi connectivity index (χ3n) is 4.42. The SMILES string of the molecule is COc1cc(N2CCN(c3cc(C)nc4cc(C)nn34)CC2)ncn1. The molecule has 130 valence electrons. The van der Waals surface area contributed by atoms with E-state index in [4.69, 9.17) is 4.74 Å². The van der Waals surface area contributed by atoms with Crippen molar-refractivity contribution < 1.29 is 4.74 Å². The maximum absolute atomic E-state index is 5.19. The van der Waals surface area contributed by atoms with Crippen molar-refractivity contribution >= 4 is 17.3 Å². The van der Waals surface area contributed by atoms with Crippen LogP contribution in [0.3, 0.4) is 0 Å². The Hall–Kier alpha value is -2.90. The van der Waals surface area contributed by atoms with Gasteiger partial charge in [-0.25, -0.2) is 15.0 Å². The van der Waals surface area contributed by atoms with Gasteiger partial charge < -0.3 is 14.5 Å². The van der Waals surface area contributed by atoms with Gasteiger partial charge in [-0.05, 0) is 13.8 Å². The minimum absolute atomic E-state index is 0.589. The molecule has 3 aromatic heterocycles. The Bertz CT molecular complexity index is 899. The highest BCUT2D eigenvalue weighted by molar-refractivity contribution is 5.53. The van der Waals surface area contributed by atoms with Gasteiger partial charge in [0.1, 0.15) is 18.0 Å². The molecule has 3 aromatic rings. The predicted octanol–water partition coefficient (Wildman–Crippen LogP) is 1.47. The van der Waals surface area contributed by atoms with E-state index in [1.165, 1.54) is 0 Å². The van der Waals surface area contributed by atoms with Gasteiger partial charge in [-0.2, -0.15) is 9.61 Å². The summed E-state index contributed by atoms with van der Waals surface area (Å²) in [7, 11) is 1.62. The zero-order valence-electron chi connectivity index (χ0n) is 14.7. The second kappa shape index (κ2) is 6.19. The van der Waals surface area contributed by atoms with Gasteiger partial charge in [0.05, 0.1) is 12.8 Å². The first-order valence-corrected chi connectivity index (χ1v) is 8.34. The van der Waals surface area contributed by atoms with Crippen LogP contribution >= 0.6 is 0 Å². The van der Waals surface area contributed by atoms with Crippen molar-refractivity contribution in [2.24, 2.45) is 0 Å². The van der Waals surface area contributed by atoms with Crippen molar-refractivity contribution in [2.45, 2.75) is 13.8 Å². The number of ether oxygens (including phenoxy) is 1. The summed E-state index contributed by atoms with van der Waals surface area (Å²) in [6.45, 7) is 7.56. The molecule has 0 aromatic carbocycles. The first-order chi connectivity index (χ1) is 12.1. The number of nitrogens with zero attached hydrogens (tertiary/aromatic N) is 7. The van der Waals surface area contributed by atoms with E-state index in [-0.39, 0.29) is 0 Å². The van der Waals surface area contributed by atoms with E-state index in [1.807, 2.05) is 30.5 Å². The van der Waals surface area contributed by atoms with Crippen LogP contribution in [0.1, 0.15) is 11.4 Å². The molecule has 0 aliphatic carbocycles. The summed E-state index contributed by atoms with van der Waals surface area (Å²) in [5.41, 5.74) is 2.88. The molecule has 0 unspecified atom stereocenters.